The Labute approximate surface area is 105 Å². The Balaban J connectivity index is 2.87. The van der Waals surface area contributed by atoms with Gasteiger partial charge in [0.25, 0.3) is 0 Å². The van der Waals surface area contributed by atoms with Crippen molar-refractivity contribution in [1.82, 2.24) is 5.32 Å². The van der Waals surface area contributed by atoms with Crippen LogP contribution in [-0.2, 0) is 6.54 Å². The summed E-state index contributed by atoms with van der Waals surface area (Å²) >= 11 is 0. The first kappa shape index (κ1) is 14.7. The van der Waals surface area contributed by atoms with Gasteiger partial charge in [-0.05, 0) is 13.0 Å². The number of rotatable bonds is 7. The minimum Gasteiger partial charge on any atom is -0.493 e. The maximum Gasteiger partial charge on any atom is 0.387 e. The number of benzene rings is 1. The molecule has 0 spiro atoms. The van der Waals surface area contributed by atoms with Crippen LogP contribution >= 0.6 is 0 Å². The number of ether oxygens (including phenoxy) is 2. The van der Waals surface area contributed by atoms with E-state index < -0.39 is 6.61 Å². The van der Waals surface area contributed by atoms with E-state index in [1.807, 2.05) is 0 Å². The lowest BCUT2D eigenvalue weighted by Crippen LogP contribution is -2.28. The van der Waals surface area contributed by atoms with Gasteiger partial charge in [-0.2, -0.15) is 8.78 Å². The van der Waals surface area contributed by atoms with Gasteiger partial charge in [0.2, 0.25) is 0 Å². The van der Waals surface area contributed by atoms with Crippen LogP contribution in [0.3, 0.4) is 0 Å². The maximum atomic E-state index is 12.3. The molecule has 18 heavy (non-hydrogen) atoms. The maximum absolute atomic E-state index is 12.3. The first-order valence-electron chi connectivity index (χ1n) is 5.53. The second kappa shape index (κ2) is 7.13. The molecule has 1 unspecified atom stereocenters. The number of nitrogens with one attached hydrogen (secondary N) is 1. The zero-order valence-electron chi connectivity index (χ0n) is 10.3. The lowest BCUT2D eigenvalue weighted by atomic mass is 10.1. The highest BCUT2D eigenvalue weighted by molar-refractivity contribution is 5.46. The van der Waals surface area contributed by atoms with Crippen LogP contribution in [0.25, 0.3) is 0 Å². The van der Waals surface area contributed by atoms with Crippen LogP contribution in [-0.4, -0.2) is 31.5 Å². The molecule has 0 aliphatic carbocycles. The van der Waals surface area contributed by atoms with Crippen molar-refractivity contribution in [2.45, 2.75) is 26.1 Å². The molecule has 2 N–H and O–H groups in total. The summed E-state index contributed by atoms with van der Waals surface area (Å²) in [5.41, 5.74) is 0.551. The SMILES string of the molecule is COc1cccc(CNC(C)CO)c1OC(F)F. The third kappa shape index (κ3) is 4.12. The normalized spacial score (nSPS) is 12.6. The van der Waals surface area contributed by atoms with E-state index in [1.54, 1.807) is 25.1 Å². The van der Waals surface area contributed by atoms with Gasteiger partial charge in [0.15, 0.2) is 11.5 Å². The molecule has 0 saturated heterocycles. The second-order valence-corrected chi connectivity index (χ2v) is 3.79. The van der Waals surface area contributed by atoms with E-state index in [4.69, 9.17) is 9.84 Å². The molecule has 0 aliphatic rings. The predicted octanol–water partition coefficient (Wildman–Crippen LogP) is 1.77. The number of hydrogen-bond donors (Lipinski definition) is 2. The second-order valence-electron chi connectivity index (χ2n) is 3.79. The third-order valence-corrected chi connectivity index (χ3v) is 2.40. The number of halogens is 2. The summed E-state index contributed by atoms with van der Waals surface area (Å²) in [6.45, 7) is -0.848. The van der Waals surface area contributed by atoms with E-state index in [9.17, 15) is 8.78 Å². The summed E-state index contributed by atoms with van der Waals surface area (Å²) in [6, 6.07) is 4.78. The molecule has 1 atom stereocenters. The van der Waals surface area contributed by atoms with Gasteiger partial charge in [-0.15, -0.1) is 0 Å². The van der Waals surface area contributed by atoms with Gasteiger partial charge < -0.3 is 19.9 Å². The van der Waals surface area contributed by atoms with Crippen molar-refractivity contribution < 1.29 is 23.4 Å². The first-order valence-corrected chi connectivity index (χ1v) is 5.53. The predicted molar refractivity (Wildman–Crippen MR) is 63.0 cm³/mol. The molecule has 1 rings (SSSR count). The summed E-state index contributed by atoms with van der Waals surface area (Å²) in [6.07, 6.45) is 0. The fourth-order valence-electron chi connectivity index (χ4n) is 1.43. The Morgan fingerprint density at radius 3 is 2.67 bits per heavy atom. The van der Waals surface area contributed by atoms with E-state index in [-0.39, 0.29) is 24.1 Å². The smallest absolute Gasteiger partial charge is 0.387 e. The molecular weight excluding hydrogens is 244 g/mol. The van der Waals surface area contributed by atoms with E-state index >= 15 is 0 Å². The van der Waals surface area contributed by atoms with Gasteiger partial charge in [0, 0.05) is 18.2 Å². The van der Waals surface area contributed by atoms with Crippen LogP contribution in [0, 0.1) is 0 Å². The van der Waals surface area contributed by atoms with Crippen LogP contribution in [0.4, 0.5) is 8.78 Å². The topological polar surface area (TPSA) is 50.7 Å². The van der Waals surface area contributed by atoms with Crippen molar-refractivity contribution in [3.63, 3.8) is 0 Å². The Bertz CT molecular complexity index is 374. The standard InChI is InChI=1S/C12H17F2NO3/c1-8(7-16)15-6-9-4-3-5-10(17-2)11(9)18-12(13)14/h3-5,8,12,15-16H,6-7H2,1-2H3. The molecule has 102 valence electrons. The largest absolute Gasteiger partial charge is 0.493 e. The zero-order chi connectivity index (χ0) is 13.5. The van der Waals surface area contributed by atoms with E-state index in [0.717, 1.165) is 0 Å². The molecule has 0 heterocycles. The van der Waals surface area contributed by atoms with Crippen molar-refractivity contribution >= 4 is 0 Å². The van der Waals surface area contributed by atoms with Gasteiger partial charge in [-0.3, -0.25) is 0 Å². The van der Waals surface area contributed by atoms with E-state index in [0.29, 0.717) is 12.1 Å². The van der Waals surface area contributed by atoms with Crippen LogP contribution in [0.15, 0.2) is 18.2 Å². The third-order valence-electron chi connectivity index (χ3n) is 2.40. The molecule has 1 aromatic rings. The highest BCUT2D eigenvalue weighted by atomic mass is 19.3. The minimum atomic E-state index is -2.91. The van der Waals surface area contributed by atoms with Crippen molar-refractivity contribution in [1.29, 1.82) is 0 Å². The highest BCUT2D eigenvalue weighted by Crippen LogP contribution is 2.32. The van der Waals surface area contributed by atoms with Crippen LogP contribution in [0.5, 0.6) is 11.5 Å². The first-order chi connectivity index (χ1) is 8.58. The van der Waals surface area contributed by atoms with Gasteiger partial charge in [0.1, 0.15) is 0 Å². The van der Waals surface area contributed by atoms with Crippen molar-refractivity contribution in [3.8, 4) is 11.5 Å². The van der Waals surface area contributed by atoms with Crippen LogP contribution in [0.2, 0.25) is 0 Å². The zero-order valence-corrected chi connectivity index (χ0v) is 10.3. The summed E-state index contributed by atoms with van der Waals surface area (Å²) in [7, 11) is 1.39. The summed E-state index contributed by atoms with van der Waals surface area (Å²) in [5, 5.41) is 11.9. The number of aliphatic hydroxyl groups is 1. The van der Waals surface area contributed by atoms with Gasteiger partial charge in [-0.25, -0.2) is 0 Å². The quantitative estimate of drug-likeness (QED) is 0.785. The summed E-state index contributed by atoms with van der Waals surface area (Å²) in [5.74, 6) is 0.277. The number of aliphatic hydroxyl groups excluding tert-OH is 1. The summed E-state index contributed by atoms with van der Waals surface area (Å²) < 4.78 is 34.1. The average Bonchev–Trinajstić information content (AvgIpc) is 2.36. The van der Waals surface area contributed by atoms with Crippen molar-refractivity contribution in [3.05, 3.63) is 23.8 Å². The molecule has 6 heteroatoms. The molecule has 0 radical (unpaired) electrons. The molecule has 0 fully saturated rings. The molecule has 0 aromatic heterocycles. The van der Waals surface area contributed by atoms with Crippen LogP contribution in [0.1, 0.15) is 12.5 Å². The molecule has 0 saturated carbocycles. The molecule has 0 aliphatic heterocycles. The molecule has 0 bridgehead atoms. The molecule has 1 aromatic carbocycles. The fraction of sp³-hybridized carbons (Fsp3) is 0.500. The number of methoxy groups -OCH3 is 1. The van der Waals surface area contributed by atoms with E-state index in [2.05, 4.69) is 10.1 Å². The van der Waals surface area contributed by atoms with Crippen molar-refractivity contribution in [2.75, 3.05) is 13.7 Å². The van der Waals surface area contributed by atoms with Gasteiger partial charge in [0.05, 0.1) is 13.7 Å². The Morgan fingerprint density at radius 2 is 2.11 bits per heavy atom. The van der Waals surface area contributed by atoms with E-state index in [1.165, 1.54) is 7.11 Å². The van der Waals surface area contributed by atoms with Crippen molar-refractivity contribution in [2.24, 2.45) is 0 Å². The fourth-order valence-corrected chi connectivity index (χ4v) is 1.43. The highest BCUT2D eigenvalue weighted by Gasteiger charge is 2.15. The lowest BCUT2D eigenvalue weighted by Gasteiger charge is -2.16. The van der Waals surface area contributed by atoms with Crippen LogP contribution < -0.4 is 14.8 Å². The molecule has 4 nitrogen and oxygen atoms in total. The lowest BCUT2D eigenvalue weighted by molar-refractivity contribution is -0.0519. The number of hydrogen-bond acceptors (Lipinski definition) is 4. The molecule has 0 amide bonds. The summed E-state index contributed by atoms with van der Waals surface area (Å²) in [4.78, 5) is 0. The Hall–Kier alpha value is -1.40. The Morgan fingerprint density at radius 1 is 1.39 bits per heavy atom. The average molecular weight is 261 g/mol. The number of para-hydroxylation sites is 1. The van der Waals surface area contributed by atoms with Gasteiger partial charge in [-0.1, -0.05) is 12.1 Å². The van der Waals surface area contributed by atoms with Gasteiger partial charge >= 0.3 is 6.61 Å². The number of alkyl halides is 2. The molecular formula is C12H17F2NO3. The minimum absolute atomic E-state index is 0.0210. The Kier molecular flexibility index (Phi) is 5.80. The monoisotopic (exact) mass is 261 g/mol.